The van der Waals surface area contributed by atoms with E-state index in [1.807, 2.05) is 11.9 Å². The molecule has 0 spiro atoms. The van der Waals surface area contributed by atoms with Gasteiger partial charge in [-0.3, -0.25) is 4.79 Å². The molecule has 3 nitrogen and oxygen atoms in total. The Hall–Kier alpha value is -0.570. The minimum absolute atomic E-state index is 0.364. The molecular weight excluding hydrogens is 236 g/mol. The first-order valence-electron chi connectivity index (χ1n) is 8.13. The van der Waals surface area contributed by atoms with Crippen LogP contribution < -0.4 is 5.73 Å². The van der Waals surface area contributed by atoms with Gasteiger partial charge in [0.2, 0.25) is 5.91 Å². The van der Waals surface area contributed by atoms with Crippen LogP contribution in [0, 0.1) is 17.8 Å². The fourth-order valence-corrected chi connectivity index (χ4v) is 3.76. The number of hydrogen-bond acceptors (Lipinski definition) is 2. The van der Waals surface area contributed by atoms with E-state index >= 15 is 0 Å². The average Bonchev–Trinajstić information content (AvgIpc) is 2.92. The van der Waals surface area contributed by atoms with Gasteiger partial charge >= 0.3 is 0 Å². The van der Waals surface area contributed by atoms with E-state index in [1.54, 1.807) is 0 Å². The van der Waals surface area contributed by atoms with E-state index in [0.29, 0.717) is 17.7 Å². The van der Waals surface area contributed by atoms with E-state index in [0.717, 1.165) is 25.4 Å². The summed E-state index contributed by atoms with van der Waals surface area (Å²) in [7, 11) is 1.99. The van der Waals surface area contributed by atoms with Gasteiger partial charge in [0.05, 0.1) is 0 Å². The van der Waals surface area contributed by atoms with Gasteiger partial charge in [-0.05, 0) is 62.8 Å². The maximum Gasteiger partial charge on any atom is 0.222 e. The van der Waals surface area contributed by atoms with Crippen molar-refractivity contribution in [3.05, 3.63) is 0 Å². The van der Waals surface area contributed by atoms with Crippen molar-refractivity contribution in [1.82, 2.24) is 4.90 Å². The van der Waals surface area contributed by atoms with Crippen LogP contribution in [0.1, 0.15) is 57.8 Å². The van der Waals surface area contributed by atoms with Crippen LogP contribution in [0.3, 0.4) is 0 Å². The molecular formula is C16H30N2O. The average molecular weight is 266 g/mol. The topological polar surface area (TPSA) is 46.3 Å². The second-order valence-electron chi connectivity index (χ2n) is 6.75. The molecule has 0 aromatic rings. The van der Waals surface area contributed by atoms with Gasteiger partial charge in [-0.25, -0.2) is 0 Å². The van der Waals surface area contributed by atoms with Crippen molar-refractivity contribution in [1.29, 1.82) is 0 Å². The lowest BCUT2D eigenvalue weighted by Crippen LogP contribution is -2.33. The monoisotopic (exact) mass is 266 g/mol. The zero-order valence-electron chi connectivity index (χ0n) is 12.4. The van der Waals surface area contributed by atoms with E-state index < -0.39 is 0 Å². The molecule has 2 aliphatic rings. The Labute approximate surface area is 117 Å². The number of hydrogen-bond donors (Lipinski definition) is 1. The van der Waals surface area contributed by atoms with Crippen molar-refractivity contribution in [3.63, 3.8) is 0 Å². The van der Waals surface area contributed by atoms with Crippen LogP contribution in [0.15, 0.2) is 0 Å². The molecule has 3 heteroatoms. The molecule has 19 heavy (non-hydrogen) atoms. The molecule has 0 atom stereocenters. The van der Waals surface area contributed by atoms with Crippen molar-refractivity contribution < 1.29 is 4.79 Å². The van der Waals surface area contributed by atoms with Crippen LogP contribution in [-0.4, -0.2) is 30.9 Å². The maximum atomic E-state index is 12.3. The second-order valence-corrected chi connectivity index (χ2v) is 6.75. The number of amides is 1. The van der Waals surface area contributed by atoms with E-state index in [2.05, 4.69) is 0 Å². The highest BCUT2D eigenvalue weighted by Crippen LogP contribution is 2.31. The van der Waals surface area contributed by atoms with Crippen LogP contribution >= 0.6 is 0 Å². The SMILES string of the molecule is CN(CC1CCCC1)C(=O)CC1CCC(CN)CC1. The van der Waals surface area contributed by atoms with Gasteiger partial charge in [-0.1, -0.05) is 12.8 Å². The number of carbonyl (C=O) groups excluding carboxylic acids is 1. The number of nitrogens with zero attached hydrogens (tertiary/aromatic N) is 1. The summed E-state index contributed by atoms with van der Waals surface area (Å²) >= 11 is 0. The van der Waals surface area contributed by atoms with Crippen LogP contribution in [0.2, 0.25) is 0 Å². The normalized spacial score (nSPS) is 28.5. The van der Waals surface area contributed by atoms with Gasteiger partial charge in [0.15, 0.2) is 0 Å². The Morgan fingerprint density at radius 2 is 1.58 bits per heavy atom. The number of nitrogens with two attached hydrogens (primary N) is 1. The van der Waals surface area contributed by atoms with Crippen molar-refractivity contribution in [2.45, 2.75) is 57.8 Å². The standard InChI is InChI=1S/C16H30N2O/c1-18(12-15-4-2-3-5-15)16(19)10-13-6-8-14(11-17)9-7-13/h13-15H,2-12,17H2,1H3. The predicted molar refractivity (Wildman–Crippen MR) is 78.7 cm³/mol. The van der Waals surface area contributed by atoms with Gasteiger partial charge in [0.1, 0.15) is 0 Å². The van der Waals surface area contributed by atoms with Crippen LogP contribution in [-0.2, 0) is 4.79 Å². The summed E-state index contributed by atoms with van der Waals surface area (Å²) in [6.45, 7) is 1.80. The molecule has 0 aromatic heterocycles. The first-order chi connectivity index (χ1) is 9.19. The summed E-state index contributed by atoms with van der Waals surface area (Å²) in [5, 5.41) is 0. The fraction of sp³-hybridized carbons (Fsp3) is 0.938. The highest BCUT2D eigenvalue weighted by Gasteiger charge is 2.25. The molecule has 2 N–H and O–H groups in total. The minimum Gasteiger partial charge on any atom is -0.345 e. The molecule has 0 aromatic carbocycles. The predicted octanol–water partition coefficient (Wildman–Crippen LogP) is 2.79. The smallest absolute Gasteiger partial charge is 0.222 e. The summed E-state index contributed by atoms with van der Waals surface area (Å²) in [6.07, 6.45) is 11.0. The summed E-state index contributed by atoms with van der Waals surface area (Å²) in [5.41, 5.74) is 5.71. The second kappa shape index (κ2) is 7.28. The molecule has 2 saturated carbocycles. The van der Waals surface area contributed by atoms with Crippen molar-refractivity contribution in [2.24, 2.45) is 23.5 Å². The van der Waals surface area contributed by atoms with E-state index in [-0.39, 0.29) is 0 Å². The minimum atomic E-state index is 0.364. The molecule has 0 bridgehead atoms. The van der Waals surface area contributed by atoms with E-state index in [4.69, 9.17) is 5.73 Å². The lowest BCUT2D eigenvalue weighted by Gasteiger charge is -2.29. The molecule has 2 rings (SSSR count). The van der Waals surface area contributed by atoms with Crippen LogP contribution in [0.5, 0.6) is 0 Å². The third-order valence-electron chi connectivity index (χ3n) is 5.20. The van der Waals surface area contributed by atoms with Gasteiger partial charge in [-0.2, -0.15) is 0 Å². The highest BCUT2D eigenvalue weighted by molar-refractivity contribution is 5.76. The Bertz CT molecular complexity index is 278. The van der Waals surface area contributed by atoms with Crippen LogP contribution in [0.25, 0.3) is 0 Å². The Morgan fingerprint density at radius 3 is 2.16 bits per heavy atom. The lowest BCUT2D eigenvalue weighted by molar-refractivity contribution is -0.131. The van der Waals surface area contributed by atoms with Crippen LogP contribution in [0.4, 0.5) is 0 Å². The van der Waals surface area contributed by atoms with E-state index in [9.17, 15) is 4.79 Å². The van der Waals surface area contributed by atoms with Gasteiger partial charge in [0, 0.05) is 20.0 Å². The number of carbonyl (C=O) groups is 1. The zero-order valence-corrected chi connectivity index (χ0v) is 12.4. The molecule has 0 unspecified atom stereocenters. The number of rotatable bonds is 5. The largest absolute Gasteiger partial charge is 0.345 e. The summed E-state index contributed by atoms with van der Waals surface area (Å²) in [6, 6.07) is 0. The van der Waals surface area contributed by atoms with Crippen molar-refractivity contribution >= 4 is 5.91 Å². The molecule has 1 amide bonds. The Balaban J connectivity index is 1.68. The molecule has 0 saturated heterocycles. The fourth-order valence-electron chi connectivity index (χ4n) is 3.76. The van der Waals surface area contributed by atoms with Gasteiger partial charge < -0.3 is 10.6 Å². The van der Waals surface area contributed by atoms with Gasteiger partial charge in [-0.15, -0.1) is 0 Å². The molecule has 2 aliphatic carbocycles. The van der Waals surface area contributed by atoms with Gasteiger partial charge in [0.25, 0.3) is 0 Å². The molecule has 2 fully saturated rings. The highest BCUT2D eigenvalue weighted by atomic mass is 16.2. The molecule has 110 valence electrons. The first kappa shape index (κ1) is 14.8. The molecule has 0 aliphatic heterocycles. The summed E-state index contributed by atoms with van der Waals surface area (Å²) in [4.78, 5) is 14.2. The van der Waals surface area contributed by atoms with Crippen molar-refractivity contribution in [3.8, 4) is 0 Å². The first-order valence-corrected chi connectivity index (χ1v) is 8.13. The summed E-state index contributed by atoms with van der Waals surface area (Å²) in [5.74, 6) is 2.45. The van der Waals surface area contributed by atoms with E-state index in [1.165, 1.54) is 51.4 Å². The third kappa shape index (κ3) is 4.48. The maximum absolute atomic E-state index is 12.3. The summed E-state index contributed by atoms with van der Waals surface area (Å²) < 4.78 is 0. The quantitative estimate of drug-likeness (QED) is 0.831. The zero-order chi connectivity index (χ0) is 13.7. The van der Waals surface area contributed by atoms with Crippen molar-refractivity contribution in [2.75, 3.05) is 20.1 Å². The molecule has 0 radical (unpaired) electrons. The Morgan fingerprint density at radius 1 is 1.00 bits per heavy atom. The Kier molecular flexibility index (Phi) is 5.68. The third-order valence-corrected chi connectivity index (χ3v) is 5.20. The lowest BCUT2D eigenvalue weighted by atomic mass is 9.80. The molecule has 0 heterocycles.